The monoisotopic (exact) mass is 296 g/mol. The second kappa shape index (κ2) is 5.51. The lowest BCUT2D eigenvalue weighted by molar-refractivity contribution is 0.215. The van der Waals surface area contributed by atoms with Crippen LogP contribution in [-0.2, 0) is 6.54 Å². The molecule has 94 valence electrons. The third-order valence-electron chi connectivity index (χ3n) is 3.64. The van der Waals surface area contributed by atoms with E-state index in [-0.39, 0.29) is 0 Å². The molecule has 2 rings (SSSR count). The largest absolute Gasteiger partial charge is 0.329 e. The predicted molar refractivity (Wildman–Crippen MR) is 75.9 cm³/mol. The van der Waals surface area contributed by atoms with Crippen LogP contribution in [0.5, 0.6) is 0 Å². The lowest BCUT2D eigenvalue weighted by atomic mass is 10.1. The Morgan fingerprint density at radius 1 is 1.47 bits per heavy atom. The van der Waals surface area contributed by atoms with Crippen LogP contribution in [0.25, 0.3) is 0 Å². The van der Waals surface area contributed by atoms with Crippen molar-refractivity contribution in [2.45, 2.75) is 32.4 Å². The topological polar surface area (TPSA) is 29.3 Å². The number of halogens is 1. The molecule has 0 aromatic heterocycles. The SMILES string of the molecule is Cc1ccc(CN(C)C(CN)C2CC2)cc1Br. The van der Waals surface area contributed by atoms with E-state index in [4.69, 9.17) is 5.73 Å². The molecule has 0 radical (unpaired) electrons. The van der Waals surface area contributed by atoms with E-state index in [1.807, 2.05) is 0 Å². The van der Waals surface area contributed by atoms with Crippen molar-refractivity contribution in [2.24, 2.45) is 11.7 Å². The molecule has 0 saturated heterocycles. The molecule has 17 heavy (non-hydrogen) atoms. The molecular formula is C14H21BrN2. The van der Waals surface area contributed by atoms with E-state index in [1.54, 1.807) is 0 Å². The zero-order valence-electron chi connectivity index (χ0n) is 10.6. The first-order valence-electron chi connectivity index (χ1n) is 6.27. The van der Waals surface area contributed by atoms with Gasteiger partial charge < -0.3 is 5.73 Å². The second-order valence-corrected chi connectivity index (χ2v) is 5.99. The average molecular weight is 297 g/mol. The van der Waals surface area contributed by atoms with Crippen LogP contribution in [-0.4, -0.2) is 24.5 Å². The van der Waals surface area contributed by atoms with Crippen LogP contribution >= 0.6 is 15.9 Å². The quantitative estimate of drug-likeness (QED) is 0.905. The van der Waals surface area contributed by atoms with Gasteiger partial charge in [0, 0.05) is 23.6 Å². The molecule has 2 N–H and O–H groups in total. The van der Waals surface area contributed by atoms with E-state index in [9.17, 15) is 0 Å². The molecule has 1 aromatic rings. The van der Waals surface area contributed by atoms with E-state index < -0.39 is 0 Å². The third-order valence-corrected chi connectivity index (χ3v) is 4.50. The van der Waals surface area contributed by atoms with Crippen LogP contribution in [0.3, 0.4) is 0 Å². The molecule has 0 aliphatic heterocycles. The van der Waals surface area contributed by atoms with Gasteiger partial charge in [-0.25, -0.2) is 0 Å². The Morgan fingerprint density at radius 3 is 2.71 bits per heavy atom. The van der Waals surface area contributed by atoms with Crippen molar-refractivity contribution in [3.63, 3.8) is 0 Å². The van der Waals surface area contributed by atoms with E-state index in [0.29, 0.717) is 6.04 Å². The van der Waals surface area contributed by atoms with Crippen LogP contribution in [0.2, 0.25) is 0 Å². The fourth-order valence-corrected chi connectivity index (χ4v) is 2.78. The molecule has 1 saturated carbocycles. The zero-order valence-corrected chi connectivity index (χ0v) is 12.2. The lowest BCUT2D eigenvalue weighted by Crippen LogP contribution is -2.39. The number of benzene rings is 1. The molecule has 1 fully saturated rings. The summed E-state index contributed by atoms with van der Waals surface area (Å²) in [6, 6.07) is 7.14. The van der Waals surface area contributed by atoms with Gasteiger partial charge in [0.15, 0.2) is 0 Å². The second-order valence-electron chi connectivity index (χ2n) is 5.14. The molecule has 1 aliphatic rings. The summed E-state index contributed by atoms with van der Waals surface area (Å²) >= 11 is 3.59. The molecule has 0 bridgehead atoms. The van der Waals surface area contributed by atoms with E-state index in [0.717, 1.165) is 19.0 Å². The first-order valence-corrected chi connectivity index (χ1v) is 7.06. The molecule has 2 nitrogen and oxygen atoms in total. The highest BCUT2D eigenvalue weighted by Crippen LogP contribution is 2.35. The summed E-state index contributed by atoms with van der Waals surface area (Å²) < 4.78 is 1.19. The smallest absolute Gasteiger partial charge is 0.0247 e. The van der Waals surface area contributed by atoms with Gasteiger partial charge in [-0.15, -0.1) is 0 Å². The molecule has 0 amide bonds. The summed E-state index contributed by atoms with van der Waals surface area (Å²) in [5, 5.41) is 0. The van der Waals surface area contributed by atoms with Crippen molar-refractivity contribution in [3.05, 3.63) is 33.8 Å². The van der Waals surface area contributed by atoms with Gasteiger partial charge in [-0.3, -0.25) is 4.90 Å². The molecule has 3 heteroatoms. The zero-order chi connectivity index (χ0) is 12.4. The summed E-state index contributed by atoms with van der Waals surface area (Å²) in [6.07, 6.45) is 2.70. The summed E-state index contributed by atoms with van der Waals surface area (Å²) in [7, 11) is 2.18. The highest BCUT2D eigenvalue weighted by Gasteiger charge is 2.32. The highest BCUT2D eigenvalue weighted by molar-refractivity contribution is 9.10. The fraction of sp³-hybridized carbons (Fsp3) is 0.571. The Balaban J connectivity index is 2.01. The molecule has 1 aliphatic carbocycles. The van der Waals surface area contributed by atoms with Gasteiger partial charge >= 0.3 is 0 Å². The van der Waals surface area contributed by atoms with Crippen molar-refractivity contribution < 1.29 is 0 Å². The maximum absolute atomic E-state index is 5.87. The Bertz CT molecular complexity index is 388. The van der Waals surface area contributed by atoms with E-state index >= 15 is 0 Å². The number of hydrogen-bond donors (Lipinski definition) is 1. The Hall–Kier alpha value is -0.380. The number of likely N-dealkylation sites (N-methyl/N-ethyl adjacent to an activating group) is 1. The number of hydrogen-bond acceptors (Lipinski definition) is 2. The lowest BCUT2D eigenvalue weighted by Gasteiger charge is -2.27. The summed E-state index contributed by atoms with van der Waals surface area (Å²) in [5.74, 6) is 0.832. The van der Waals surface area contributed by atoms with Gasteiger partial charge in [0.25, 0.3) is 0 Å². The van der Waals surface area contributed by atoms with Crippen molar-refractivity contribution in [3.8, 4) is 0 Å². The Morgan fingerprint density at radius 2 is 2.18 bits per heavy atom. The standard InChI is InChI=1S/C14H21BrN2/c1-10-3-4-11(7-13(10)15)9-17(2)14(8-16)12-5-6-12/h3-4,7,12,14H,5-6,8-9,16H2,1-2H3. The number of nitrogens with two attached hydrogens (primary N) is 1. The van der Waals surface area contributed by atoms with Gasteiger partial charge in [0.05, 0.1) is 0 Å². The van der Waals surface area contributed by atoms with Crippen LogP contribution in [0.4, 0.5) is 0 Å². The van der Waals surface area contributed by atoms with Gasteiger partial charge in [0.2, 0.25) is 0 Å². The normalized spacial score (nSPS) is 17.5. The van der Waals surface area contributed by atoms with Gasteiger partial charge in [-0.2, -0.15) is 0 Å². The summed E-state index contributed by atoms with van der Waals surface area (Å²) in [4.78, 5) is 2.40. The minimum Gasteiger partial charge on any atom is -0.329 e. The van der Waals surface area contributed by atoms with Crippen molar-refractivity contribution in [1.29, 1.82) is 0 Å². The number of rotatable bonds is 5. The van der Waals surface area contributed by atoms with E-state index in [2.05, 4.69) is 53.0 Å². The third kappa shape index (κ3) is 3.30. The molecule has 1 atom stereocenters. The van der Waals surface area contributed by atoms with Crippen molar-refractivity contribution in [1.82, 2.24) is 4.90 Å². The predicted octanol–water partition coefficient (Wildman–Crippen LogP) is 2.93. The minimum atomic E-state index is 0.551. The van der Waals surface area contributed by atoms with Gasteiger partial charge in [0.1, 0.15) is 0 Å². The maximum atomic E-state index is 5.87. The van der Waals surface area contributed by atoms with Crippen LogP contribution < -0.4 is 5.73 Å². The fourth-order valence-electron chi connectivity index (χ4n) is 2.35. The highest BCUT2D eigenvalue weighted by atomic mass is 79.9. The number of aryl methyl sites for hydroxylation is 1. The molecule has 1 unspecified atom stereocenters. The van der Waals surface area contributed by atoms with Crippen molar-refractivity contribution in [2.75, 3.05) is 13.6 Å². The van der Waals surface area contributed by atoms with E-state index in [1.165, 1.54) is 28.4 Å². The molecular weight excluding hydrogens is 276 g/mol. The molecule has 0 heterocycles. The van der Waals surface area contributed by atoms with Crippen molar-refractivity contribution >= 4 is 15.9 Å². The van der Waals surface area contributed by atoms with Gasteiger partial charge in [-0.05, 0) is 49.9 Å². The Kier molecular flexibility index (Phi) is 4.23. The Labute approximate surface area is 112 Å². The van der Waals surface area contributed by atoms with Crippen LogP contribution in [0.15, 0.2) is 22.7 Å². The number of nitrogens with zero attached hydrogens (tertiary/aromatic N) is 1. The summed E-state index contributed by atoms with van der Waals surface area (Å²) in [5.41, 5.74) is 8.51. The summed E-state index contributed by atoms with van der Waals surface area (Å²) in [6.45, 7) is 3.87. The van der Waals surface area contributed by atoms with Gasteiger partial charge in [-0.1, -0.05) is 28.1 Å². The average Bonchev–Trinajstić information content (AvgIpc) is 3.09. The molecule has 0 spiro atoms. The minimum absolute atomic E-state index is 0.551. The molecule has 1 aromatic carbocycles. The van der Waals surface area contributed by atoms with Crippen LogP contribution in [0.1, 0.15) is 24.0 Å². The first kappa shape index (κ1) is 13.1. The van der Waals surface area contributed by atoms with Crippen LogP contribution in [0, 0.1) is 12.8 Å². The maximum Gasteiger partial charge on any atom is 0.0247 e. The first-order chi connectivity index (χ1) is 8.11.